The lowest BCUT2D eigenvalue weighted by Gasteiger charge is -2.01. The highest BCUT2D eigenvalue weighted by Crippen LogP contribution is 2.33. The smallest absolute Gasteiger partial charge is 0.337 e. The van der Waals surface area contributed by atoms with Crippen LogP contribution >= 0.6 is 27.5 Å². The van der Waals surface area contributed by atoms with Crippen LogP contribution in [0.3, 0.4) is 0 Å². The molecule has 0 aliphatic rings. The number of aromatic nitrogens is 2. The van der Waals surface area contributed by atoms with Crippen molar-refractivity contribution in [1.29, 1.82) is 0 Å². The Labute approximate surface area is 127 Å². The predicted molar refractivity (Wildman–Crippen MR) is 81.2 cm³/mol. The van der Waals surface area contributed by atoms with Crippen molar-refractivity contribution in [3.05, 3.63) is 51.5 Å². The predicted octanol–water partition coefficient (Wildman–Crippen LogP) is 4.34. The summed E-state index contributed by atoms with van der Waals surface area (Å²) in [5.74, 6) is -0.464. The number of rotatable bonds is 2. The summed E-state index contributed by atoms with van der Waals surface area (Å²) in [5.41, 5.74) is 1.96. The second-order valence-corrected chi connectivity index (χ2v) is 5.43. The van der Waals surface area contributed by atoms with Crippen LogP contribution in [-0.2, 0) is 0 Å². The van der Waals surface area contributed by atoms with Gasteiger partial charge in [0, 0.05) is 10.0 Å². The Balaban J connectivity index is 2.26. The number of hydrogen-bond acceptors (Lipinski definition) is 2. The first-order valence-electron chi connectivity index (χ1n) is 5.74. The molecule has 0 bridgehead atoms. The Morgan fingerprint density at radius 3 is 2.75 bits per heavy atom. The molecule has 2 aromatic carbocycles. The molecule has 0 aliphatic heterocycles. The maximum absolute atomic E-state index is 11.2. The lowest BCUT2D eigenvalue weighted by Crippen LogP contribution is -1.96. The molecule has 1 aromatic heterocycles. The van der Waals surface area contributed by atoms with Crippen LogP contribution in [0, 0.1) is 0 Å². The maximum Gasteiger partial charge on any atom is 0.337 e. The van der Waals surface area contributed by atoms with Crippen LogP contribution < -0.4 is 0 Å². The molecule has 0 fully saturated rings. The average Bonchev–Trinajstić information content (AvgIpc) is 2.84. The van der Waals surface area contributed by atoms with Gasteiger partial charge in [0.05, 0.1) is 16.1 Å². The molecule has 0 amide bonds. The standard InChI is InChI=1S/C14H8BrClN2O2/c15-9-5-1-3-7(11(9)16)13-17-10-6-2-4-8(14(19)20)12(10)18-13/h1-6H,(H,17,18)(H,19,20). The molecule has 0 unspecified atom stereocenters. The highest BCUT2D eigenvalue weighted by atomic mass is 79.9. The minimum atomic E-state index is -1.01. The molecule has 0 saturated carbocycles. The van der Waals surface area contributed by atoms with E-state index in [4.69, 9.17) is 11.6 Å². The lowest BCUT2D eigenvalue weighted by atomic mass is 10.2. The molecule has 2 N–H and O–H groups in total. The molecule has 3 rings (SSSR count). The Morgan fingerprint density at radius 2 is 2.00 bits per heavy atom. The highest BCUT2D eigenvalue weighted by Gasteiger charge is 2.15. The van der Waals surface area contributed by atoms with Gasteiger partial charge in [-0.1, -0.05) is 23.7 Å². The van der Waals surface area contributed by atoms with E-state index in [2.05, 4.69) is 25.9 Å². The van der Waals surface area contributed by atoms with E-state index in [0.717, 1.165) is 4.47 Å². The van der Waals surface area contributed by atoms with Crippen molar-refractivity contribution < 1.29 is 9.90 Å². The number of aromatic carboxylic acids is 1. The van der Waals surface area contributed by atoms with E-state index in [1.54, 1.807) is 12.1 Å². The van der Waals surface area contributed by atoms with Gasteiger partial charge in [-0.15, -0.1) is 0 Å². The molecule has 0 aliphatic carbocycles. The third kappa shape index (κ3) is 2.09. The van der Waals surface area contributed by atoms with Crippen LogP contribution in [0.1, 0.15) is 10.4 Å². The van der Waals surface area contributed by atoms with E-state index in [1.165, 1.54) is 6.07 Å². The first-order chi connectivity index (χ1) is 9.58. The lowest BCUT2D eigenvalue weighted by molar-refractivity contribution is 0.0699. The molecule has 100 valence electrons. The fraction of sp³-hybridized carbons (Fsp3) is 0. The van der Waals surface area contributed by atoms with E-state index in [-0.39, 0.29) is 5.56 Å². The van der Waals surface area contributed by atoms with Crippen molar-refractivity contribution in [2.45, 2.75) is 0 Å². The van der Waals surface area contributed by atoms with Gasteiger partial charge in [-0.05, 0) is 40.2 Å². The number of fused-ring (bicyclic) bond motifs is 1. The quantitative estimate of drug-likeness (QED) is 0.721. The number of benzene rings is 2. The molecule has 6 heteroatoms. The van der Waals surface area contributed by atoms with Gasteiger partial charge < -0.3 is 10.1 Å². The van der Waals surface area contributed by atoms with Gasteiger partial charge in [0.2, 0.25) is 0 Å². The summed E-state index contributed by atoms with van der Waals surface area (Å²) < 4.78 is 0.760. The fourth-order valence-corrected chi connectivity index (χ4v) is 2.60. The van der Waals surface area contributed by atoms with Gasteiger partial charge in [0.1, 0.15) is 11.3 Å². The van der Waals surface area contributed by atoms with E-state index >= 15 is 0 Å². The van der Waals surface area contributed by atoms with Crippen LogP contribution in [-0.4, -0.2) is 21.0 Å². The van der Waals surface area contributed by atoms with Gasteiger partial charge in [0.25, 0.3) is 0 Å². The van der Waals surface area contributed by atoms with Crippen molar-refractivity contribution in [3.8, 4) is 11.4 Å². The monoisotopic (exact) mass is 350 g/mol. The fourth-order valence-electron chi connectivity index (χ4n) is 2.02. The molecule has 20 heavy (non-hydrogen) atoms. The molecule has 4 nitrogen and oxygen atoms in total. The number of carboxylic acids is 1. The van der Waals surface area contributed by atoms with Crippen LogP contribution in [0.25, 0.3) is 22.4 Å². The van der Waals surface area contributed by atoms with Gasteiger partial charge in [0.15, 0.2) is 0 Å². The number of halogens is 2. The molecule has 0 saturated heterocycles. The van der Waals surface area contributed by atoms with Crippen molar-refractivity contribution in [2.24, 2.45) is 0 Å². The summed E-state index contributed by atoms with van der Waals surface area (Å²) in [6.45, 7) is 0. The molecule has 0 atom stereocenters. The number of aromatic amines is 1. The first-order valence-corrected chi connectivity index (χ1v) is 6.91. The second kappa shape index (κ2) is 4.92. The third-order valence-electron chi connectivity index (χ3n) is 2.95. The summed E-state index contributed by atoms with van der Waals surface area (Å²) in [7, 11) is 0. The van der Waals surface area contributed by atoms with Crippen LogP contribution in [0.4, 0.5) is 0 Å². The van der Waals surface area contributed by atoms with Crippen LogP contribution in [0.5, 0.6) is 0 Å². The molecule has 0 radical (unpaired) electrons. The Kier molecular flexibility index (Phi) is 3.23. The Morgan fingerprint density at radius 1 is 1.25 bits per heavy atom. The van der Waals surface area contributed by atoms with Crippen molar-refractivity contribution in [2.75, 3.05) is 0 Å². The normalized spacial score (nSPS) is 10.9. The zero-order chi connectivity index (χ0) is 14.3. The van der Waals surface area contributed by atoms with E-state index in [9.17, 15) is 9.90 Å². The number of para-hydroxylation sites is 1. The molecule has 3 aromatic rings. The Bertz CT molecular complexity index is 829. The van der Waals surface area contributed by atoms with Crippen LogP contribution in [0.15, 0.2) is 40.9 Å². The number of imidazole rings is 1. The SMILES string of the molecule is O=C(O)c1cccc2[nH]c(-c3cccc(Br)c3Cl)nc12. The number of H-pyrrole nitrogens is 1. The number of hydrogen-bond donors (Lipinski definition) is 2. The van der Waals surface area contributed by atoms with E-state index in [1.807, 2.05) is 18.2 Å². The summed E-state index contributed by atoms with van der Waals surface area (Å²) in [5, 5.41) is 9.70. The molecular weight excluding hydrogens is 344 g/mol. The van der Waals surface area contributed by atoms with Crippen molar-refractivity contribution >= 4 is 44.5 Å². The number of carboxylic acid groups (broad SMARTS) is 1. The third-order valence-corrected chi connectivity index (χ3v) is 4.25. The average molecular weight is 352 g/mol. The van der Waals surface area contributed by atoms with Gasteiger partial charge in [-0.3, -0.25) is 0 Å². The number of carbonyl (C=O) groups is 1. The van der Waals surface area contributed by atoms with Crippen molar-refractivity contribution in [3.63, 3.8) is 0 Å². The maximum atomic E-state index is 11.2. The molecule has 0 spiro atoms. The summed E-state index contributed by atoms with van der Waals surface area (Å²) >= 11 is 9.59. The number of nitrogens with zero attached hydrogens (tertiary/aromatic N) is 1. The highest BCUT2D eigenvalue weighted by molar-refractivity contribution is 9.10. The zero-order valence-corrected chi connectivity index (χ0v) is 12.4. The number of nitrogens with one attached hydrogen (secondary N) is 1. The van der Waals surface area contributed by atoms with Gasteiger partial charge >= 0.3 is 5.97 Å². The second-order valence-electron chi connectivity index (χ2n) is 4.19. The summed E-state index contributed by atoms with van der Waals surface area (Å²) in [6.07, 6.45) is 0. The molecular formula is C14H8BrClN2O2. The van der Waals surface area contributed by atoms with Gasteiger partial charge in [-0.2, -0.15) is 0 Å². The Hall–Kier alpha value is -1.85. The van der Waals surface area contributed by atoms with E-state index in [0.29, 0.717) is 27.4 Å². The minimum Gasteiger partial charge on any atom is -0.478 e. The van der Waals surface area contributed by atoms with Gasteiger partial charge in [-0.25, -0.2) is 9.78 Å². The van der Waals surface area contributed by atoms with E-state index < -0.39 is 5.97 Å². The zero-order valence-electron chi connectivity index (χ0n) is 10.0. The topological polar surface area (TPSA) is 66.0 Å². The van der Waals surface area contributed by atoms with Crippen molar-refractivity contribution in [1.82, 2.24) is 9.97 Å². The largest absolute Gasteiger partial charge is 0.478 e. The summed E-state index contributed by atoms with van der Waals surface area (Å²) in [6, 6.07) is 10.5. The van der Waals surface area contributed by atoms with Crippen LogP contribution in [0.2, 0.25) is 5.02 Å². The minimum absolute atomic E-state index is 0.163. The first kappa shape index (κ1) is 13.1. The summed E-state index contributed by atoms with van der Waals surface area (Å²) in [4.78, 5) is 18.7. The molecule has 1 heterocycles.